The van der Waals surface area contributed by atoms with Gasteiger partial charge in [0.2, 0.25) is 0 Å². The lowest BCUT2D eigenvalue weighted by atomic mass is 10.6. The van der Waals surface area contributed by atoms with Gasteiger partial charge < -0.3 is 0 Å². The maximum Gasteiger partial charge on any atom is 0.0963 e. The SMILES string of the molecule is CC1N=CC=CS1. The van der Waals surface area contributed by atoms with Crippen LogP contribution in [0.3, 0.4) is 0 Å². The maximum atomic E-state index is 4.08. The Morgan fingerprint density at radius 2 is 2.57 bits per heavy atom. The fraction of sp³-hybridized carbons (Fsp3) is 0.400. The molecule has 38 valence electrons. The monoisotopic (exact) mass is 113 g/mol. The number of allylic oxidation sites excluding steroid dienone is 1. The number of nitrogens with zero attached hydrogens (tertiary/aromatic N) is 1. The molecule has 0 aliphatic carbocycles. The summed E-state index contributed by atoms with van der Waals surface area (Å²) >= 11 is 1.74. The van der Waals surface area contributed by atoms with Crippen molar-refractivity contribution >= 4 is 18.0 Å². The standard InChI is InChI=1S/C5H7NS/c1-5-6-3-2-4-7-5/h2-5H,1H3. The molecule has 0 N–H and O–H groups in total. The summed E-state index contributed by atoms with van der Waals surface area (Å²) in [4.78, 5) is 4.08. The Morgan fingerprint density at radius 3 is 2.86 bits per heavy atom. The Labute approximate surface area is 47.5 Å². The lowest BCUT2D eigenvalue weighted by Gasteiger charge is -2.01. The number of rotatable bonds is 0. The van der Waals surface area contributed by atoms with Gasteiger partial charge in [-0.05, 0) is 18.4 Å². The third-order valence-electron chi connectivity index (χ3n) is 0.736. The average molecular weight is 113 g/mol. The van der Waals surface area contributed by atoms with E-state index >= 15 is 0 Å². The van der Waals surface area contributed by atoms with E-state index in [9.17, 15) is 0 Å². The molecule has 1 aliphatic heterocycles. The average Bonchev–Trinajstić information content (AvgIpc) is 1.69. The fourth-order valence-corrected chi connectivity index (χ4v) is 0.929. The highest BCUT2D eigenvalue weighted by Crippen LogP contribution is 2.14. The Hall–Kier alpha value is -0.240. The van der Waals surface area contributed by atoms with Crippen molar-refractivity contribution in [3.63, 3.8) is 0 Å². The van der Waals surface area contributed by atoms with Crippen LogP contribution in [-0.4, -0.2) is 11.6 Å². The van der Waals surface area contributed by atoms with Crippen molar-refractivity contribution in [2.45, 2.75) is 12.3 Å². The largest absolute Gasteiger partial charge is 0.279 e. The Bertz CT molecular complexity index is 107. The van der Waals surface area contributed by atoms with Gasteiger partial charge in [0.05, 0.1) is 5.37 Å². The summed E-state index contributed by atoms with van der Waals surface area (Å²) in [7, 11) is 0. The number of aliphatic imine (C=N–C) groups is 1. The first-order valence-electron chi connectivity index (χ1n) is 2.23. The van der Waals surface area contributed by atoms with Crippen LogP contribution in [0.1, 0.15) is 6.92 Å². The molecule has 1 unspecified atom stereocenters. The second kappa shape index (κ2) is 2.17. The van der Waals surface area contributed by atoms with Crippen molar-refractivity contribution in [2.75, 3.05) is 0 Å². The second-order valence-electron chi connectivity index (χ2n) is 1.36. The summed E-state index contributed by atoms with van der Waals surface area (Å²) in [5.41, 5.74) is 0. The van der Waals surface area contributed by atoms with Crippen LogP contribution < -0.4 is 0 Å². The molecule has 1 heterocycles. The molecule has 1 aliphatic rings. The van der Waals surface area contributed by atoms with Crippen LogP contribution in [0.4, 0.5) is 0 Å². The third kappa shape index (κ3) is 1.35. The molecule has 1 rings (SSSR count). The van der Waals surface area contributed by atoms with Crippen molar-refractivity contribution in [1.29, 1.82) is 0 Å². The van der Waals surface area contributed by atoms with Crippen molar-refractivity contribution in [3.8, 4) is 0 Å². The van der Waals surface area contributed by atoms with E-state index in [1.165, 1.54) is 0 Å². The normalized spacial score (nSPS) is 28.4. The van der Waals surface area contributed by atoms with Crippen LogP contribution >= 0.6 is 11.8 Å². The van der Waals surface area contributed by atoms with Gasteiger partial charge in [0.15, 0.2) is 0 Å². The first-order chi connectivity index (χ1) is 3.39. The Kier molecular flexibility index (Phi) is 1.52. The maximum absolute atomic E-state index is 4.08. The lowest BCUT2D eigenvalue weighted by molar-refractivity contribution is 1.06. The molecule has 0 aromatic heterocycles. The quantitative estimate of drug-likeness (QED) is 0.465. The molecule has 0 fully saturated rings. The Morgan fingerprint density at radius 1 is 1.71 bits per heavy atom. The molecule has 1 atom stereocenters. The zero-order chi connectivity index (χ0) is 5.11. The topological polar surface area (TPSA) is 12.4 Å². The van der Waals surface area contributed by atoms with Crippen molar-refractivity contribution in [1.82, 2.24) is 0 Å². The first-order valence-corrected chi connectivity index (χ1v) is 3.17. The minimum absolute atomic E-state index is 0.435. The molecule has 0 spiro atoms. The Balaban J connectivity index is 2.49. The molecule has 0 saturated heterocycles. The highest BCUT2D eigenvalue weighted by atomic mass is 32.2. The van der Waals surface area contributed by atoms with Gasteiger partial charge in [-0.3, -0.25) is 4.99 Å². The van der Waals surface area contributed by atoms with E-state index in [0.717, 1.165) is 0 Å². The van der Waals surface area contributed by atoms with Gasteiger partial charge in [-0.15, -0.1) is 11.8 Å². The number of thioether (sulfide) groups is 1. The summed E-state index contributed by atoms with van der Waals surface area (Å²) < 4.78 is 0. The number of hydrogen-bond donors (Lipinski definition) is 0. The molecule has 0 aromatic rings. The van der Waals surface area contributed by atoms with Gasteiger partial charge >= 0.3 is 0 Å². The fourth-order valence-electron chi connectivity index (χ4n) is 0.400. The van der Waals surface area contributed by atoms with E-state index in [2.05, 4.69) is 17.3 Å². The van der Waals surface area contributed by atoms with E-state index < -0.39 is 0 Å². The van der Waals surface area contributed by atoms with Crippen LogP contribution in [-0.2, 0) is 0 Å². The van der Waals surface area contributed by atoms with E-state index in [-0.39, 0.29) is 0 Å². The van der Waals surface area contributed by atoms with E-state index in [4.69, 9.17) is 0 Å². The summed E-state index contributed by atoms with van der Waals surface area (Å²) in [5, 5.41) is 2.49. The molecule has 7 heavy (non-hydrogen) atoms. The van der Waals surface area contributed by atoms with Gasteiger partial charge in [0, 0.05) is 6.21 Å². The predicted molar refractivity (Wildman–Crippen MR) is 34.7 cm³/mol. The van der Waals surface area contributed by atoms with Crippen LogP contribution in [0.25, 0.3) is 0 Å². The van der Waals surface area contributed by atoms with Crippen molar-refractivity contribution < 1.29 is 0 Å². The minimum atomic E-state index is 0.435. The zero-order valence-electron chi connectivity index (χ0n) is 4.16. The highest BCUT2D eigenvalue weighted by molar-refractivity contribution is 8.02. The summed E-state index contributed by atoms with van der Waals surface area (Å²) in [6.07, 6.45) is 3.78. The van der Waals surface area contributed by atoms with Crippen LogP contribution in [0.5, 0.6) is 0 Å². The zero-order valence-corrected chi connectivity index (χ0v) is 4.98. The van der Waals surface area contributed by atoms with Crippen molar-refractivity contribution in [3.05, 3.63) is 11.5 Å². The first kappa shape index (κ1) is 4.91. The highest BCUT2D eigenvalue weighted by Gasteiger charge is 1.94. The summed E-state index contributed by atoms with van der Waals surface area (Å²) in [5.74, 6) is 0. The molecule has 0 bridgehead atoms. The van der Waals surface area contributed by atoms with Crippen molar-refractivity contribution in [2.24, 2.45) is 4.99 Å². The van der Waals surface area contributed by atoms with E-state index in [1.807, 2.05) is 12.3 Å². The molecule has 0 radical (unpaired) electrons. The van der Waals surface area contributed by atoms with Gasteiger partial charge in [-0.1, -0.05) is 0 Å². The molecular formula is C5H7NS. The van der Waals surface area contributed by atoms with Crippen LogP contribution in [0.2, 0.25) is 0 Å². The molecule has 0 aromatic carbocycles. The molecular weight excluding hydrogens is 106 g/mol. The molecule has 0 amide bonds. The predicted octanol–water partition coefficient (Wildman–Crippen LogP) is 1.66. The van der Waals surface area contributed by atoms with E-state index in [1.54, 1.807) is 11.8 Å². The second-order valence-corrected chi connectivity index (χ2v) is 2.59. The van der Waals surface area contributed by atoms with Gasteiger partial charge in [-0.2, -0.15) is 0 Å². The lowest BCUT2D eigenvalue weighted by Crippen LogP contribution is -1.90. The van der Waals surface area contributed by atoms with E-state index in [0.29, 0.717) is 5.37 Å². The minimum Gasteiger partial charge on any atom is -0.279 e. The van der Waals surface area contributed by atoms with Crippen LogP contribution in [0.15, 0.2) is 16.5 Å². The molecule has 0 saturated carbocycles. The third-order valence-corrected chi connectivity index (χ3v) is 1.57. The molecule has 2 heteroatoms. The molecule has 1 nitrogen and oxygen atoms in total. The van der Waals surface area contributed by atoms with Gasteiger partial charge in [0.25, 0.3) is 0 Å². The summed E-state index contributed by atoms with van der Waals surface area (Å²) in [6, 6.07) is 0. The summed E-state index contributed by atoms with van der Waals surface area (Å²) in [6.45, 7) is 2.07. The van der Waals surface area contributed by atoms with Gasteiger partial charge in [-0.25, -0.2) is 0 Å². The van der Waals surface area contributed by atoms with Gasteiger partial charge in [0.1, 0.15) is 0 Å². The smallest absolute Gasteiger partial charge is 0.0963 e. The van der Waals surface area contributed by atoms with Crippen LogP contribution in [0, 0.1) is 0 Å². The number of hydrogen-bond acceptors (Lipinski definition) is 2.